The molecule has 2 bridgehead atoms. The Bertz CT molecular complexity index is 1430. The Labute approximate surface area is 214 Å². The fourth-order valence-electron chi connectivity index (χ4n) is 5.70. The molecule has 3 atom stereocenters. The summed E-state index contributed by atoms with van der Waals surface area (Å²) in [6, 6.07) is 3.71. The van der Waals surface area contributed by atoms with E-state index in [4.69, 9.17) is 10.5 Å². The summed E-state index contributed by atoms with van der Waals surface area (Å²) >= 11 is 1.18. The van der Waals surface area contributed by atoms with E-state index in [9.17, 15) is 14.7 Å². The molecule has 3 aromatic rings. The van der Waals surface area contributed by atoms with Crippen molar-refractivity contribution in [2.75, 3.05) is 30.3 Å². The Balaban J connectivity index is 1.20. The summed E-state index contributed by atoms with van der Waals surface area (Å²) in [4.78, 5) is 33.1. The van der Waals surface area contributed by atoms with E-state index in [1.54, 1.807) is 4.90 Å². The molecule has 6 rings (SSSR count). The van der Waals surface area contributed by atoms with Gasteiger partial charge in [-0.25, -0.2) is 18.6 Å². The highest BCUT2D eigenvalue weighted by molar-refractivity contribution is 7.21. The van der Waals surface area contributed by atoms with Crippen LogP contribution >= 0.6 is 11.3 Å². The van der Waals surface area contributed by atoms with Crippen molar-refractivity contribution in [3.8, 4) is 5.75 Å². The number of nitrogen functional groups attached to an aromatic ring is 1. The SMILES string of the molecule is Cc1ccc2c(N)c(C(=O)N[C@@H]3COc4c(F)c(N5CC6CCC(C5)N6C(=O)O)cc(F)c4C3)sc2n1. The Morgan fingerprint density at radius 3 is 2.68 bits per heavy atom. The van der Waals surface area contributed by atoms with Gasteiger partial charge in [-0.05, 0) is 31.9 Å². The molecule has 0 spiro atoms. The van der Waals surface area contributed by atoms with Gasteiger partial charge in [-0.1, -0.05) is 0 Å². The summed E-state index contributed by atoms with van der Waals surface area (Å²) < 4.78 is 36.4. The molecule has 0 radical (unpaired) electrons. The summed E-state index contributed by atoms with van der Waals surface area (Å²) in [5.41, 5.74) is 7.46. The van der Waals surface area contributed by atoms with Crippen molar-refractivity contribution in [2.24, 2.45) is 0 Å². The zero-order chi connectivity index (χ0) is 26.0. The number of amides is 2. The van der Waals surface area contributed by atoms with Crippen LogP contribution in [0.4, 0.5) is 25.0 Å². The number of carbonyl (C=O) groups is 2. The van der Waals surface area contributed by atoms with Crippen LogP contribution in [0, 0.1) is 18.6 Å². The molecule has 0 aliphatic carbocycles. The number of benzene rings is 1. The van der Waals surface area contributed by atoms with E-state index < -0.39 is 29.7 Å². The molecule has 1 aromatic carbocycles. The van der Waals surface area contributed by atoms with E-state index in [1.807, 2.05) is 19.1 Å². The fraction of sp³-hybridized carbons (Fsp3) is 0.400. The first-order valence-corrected chi connectivity index (χ1v) is 12.9. The highest BCUT2D eigenvalue weighted by atomic mass is 32.1. The largest absolute Gasteiger partial charge is 0.488 e. The molecule has 3 aliphatic rings. The number of fused-ring (bicyclic) bond motifs is 4. The average Bonchev–Trinajstić information content (AvgIpc) is 3.33. The summed E-state index contributed by atoms with van der Waals surface area (Å²) in [6.45, 7) is 2.41. The number of pyridine rings is 1. The number of aryl methyl sites for hydroxylation is 1. The summed E-state index contributed by atoms with van der Waals surface area (Å²) in [5.74, 6) is -1.87. The number of halogens is 2. The number of nitrogens with zero attached hydrogens (tertiary/aromatic N) is 3. The van der Waals surface area contributed by atoms with Crippen molar-refractivity contribution in [1.82, 2.24) is 15.2 Å². The number of hydrogen-bond acceptors (Lipinski definition) is 7. The number of nitrogens with one attached hydrogen (secondary N) is 1. The van der Waals surface area contributed by atoms with E-state index in [-0.39, 0.29) is 42.1 Å². The maximum atomic E-state index is 15.5. The van der Waals surface area contributed by atoms with Crippen molar-refractivity contribution < 1.29 is 28.2 Å². The fourth-order valence-corrected chi connectivity index (χ4v) is 6.74. The molecule has 4 N–H and O–H groups in total. The second-order valence-corrected chi connectivity index (χ2v) is 10.8. The van der Waals surface area contributed by atoms with Gasteiger partial charge < -0.3 is 25.8 Å². The maximum Gasteiger partial charge on any atom is 0.407 e. The van der Waals surface area contributed by atoms with Crippen LogP contribution in [0.15, 0.2) is 18.2 Å². The second-order valence-electron chi connectivity index (χ2n) is 9.81. The third kappa shape index (κ3) is 3.90. The summed E-state index contributed by atoms with van der Waals surface area (Å²) in [5, 5.41) is 13.0. The number of rotatable bonds is 3. The van der Waals surface area contributed by atoms with E-state index in [0.717, 1.165) is 11.8 Å². The lowest BCUT2D eigenvalue weighted by molar-refractivity contribution is 0.0918. The lowest BCUT2D eigenvalue weighted by Crippen LogP contribution is -2.55. The van der Waals surface area contributed by atoms with Crippen LogP contribution in [0.1, 0.15) is 33.8 Å². The molecule has 2 fully saturated rings. The molecule has 12 heteroatoms. The minimum absolute atomic E-state index is 0.0290. The van der Waals surface area contributed by atoms with Crippen molar-refractivity contribution in [2.45, 2.75) is 44.3 Å². The molecule has 2 aromatic heterocycles. The minimum atomic E-state index is -0.982. The Morgan fingerprint density at radius 2 is 1.97 bits per heavy atom. The summed E-state index contributed by atoms with van der Waals surface area (Å²) in [7, 11) is 0. The van der Waals surface area contributed by atoms with Crippen molar-refractivity contribution >= 4 is 44.9 Å². The van der Waals surface area contributed by atoms with Gasteiger partial charge in [-0.2, -0.15) is 0 Å². The predicted octanol–water partition coefficient (Wildman–Crippen LogP) is 3.53. The molecule has 5 heterocycles. The maximum absolute atomic E-state index is 15.5. The number of thiophene rings is 1. The van der Waals surface area contributed by atoms with Gasteiger partial charge in [0.15, 0.2) is 11.6 Å². The van der Waals surface area contributed by atoms with Crippen LogP contribution in [-0.2, 0) is 6.42 Å². The van der Waals surface area contributed by atoms with E-state index in [1.165, 1.54) is 16.2 Å². The van der Waals surface area contributed by atoms with Crippen LogP contribution < -0.4 is 20.7 Å². The standard InChI is InChI=1S/C25H25F2N5O4S/c1-11-2-5-15-20(28)22(37-24(15)29-11)23(33)30-12-6-16-17(26)7-18(19(27)21(16)36-10-12)31-8-13-3-4-14(9-31)32(13)25(34)35/h2,5,7,12-14H,3-4,6,8-10,28H2,1H3,(H,30,33)(H,34,35)/t12-,13?,14?/m0/s1. The number of ether oxygens (including phenoxy) is 1. The quantitative estimate of drug-likeness (QED) is 0.475. The average molecular weight is 530 g/mol. The molecule has 37 heavy (non-hydrogen) atoms. The van der Waals surface area contributed by atoms with Crippen molar-refractivity contribution in [3.63, 3.8) is 0 Å². The van der Waals surface area contributed by atoms with Crippen LogP contribution in [-0.4, -0.2) is 64.8 Å². The van der Waals surface area contributed by atoms with E-state index >= 15 is 8.78 Å². The number of aromatic nitrogens is 1. The normalized spacial score (nSPS) is 22.6. The molecule has 194 valence electrons. The molecule has 3 aliphatic heterocycles. The number of carboxylic acid groups (broad SMARTS) is 1. The smallest absolute Gasteiger partial charge is 0.407 e. The van der Waals surface area contributed by atoms with Gasteiger partial charge in [0, 0.05) is 42.2 Å². The second kappa shape index (κ2) is 8.72. The van der Waals surface area contributed by atoms with Crippen LogP contribution in [0.3, 0.4) is 0 Å². The molecule has 2 amide bonds. The van der Waals surface area contributed by atoms with E-state index in [2.05, 4.69) is 10.3 Å². The number of hydrogen-bond donors (Lipinski definition) is 3. The first-order chi connectivity index (χ1) is 17.7. The van der Waals surface area contributed by atoms with Gasteiger partial charge in [-0.3, -0.25) is 9.69 Å². The van der Waals surface area contributed by atoms with Crippen molar-refractivity contribution in [1.29, 1.82) is 0 Å². The van der Waals surface area contributed by atoms with Crippen LogP contribution in [0.5, 0.6) is 5.75 Å². The third-order valence-corrected chi connectivity index (χ3v) is 8.56. The van der Waals surface area contributed by atoms with Gasteiger partial charge in [0.1, 0.15) is 22.1 Å². The van der Waals surface area contributed by atoms with Gasteiger partial charge in [0.25, 0.3) is 5.91 Å². The molecule has 2 saturated heterocycles. The Kier molecular flexibility index (Phi) is 5.59. The van der Waals surface area contributed by atoms with Gasteiger partial charge in [0.2, 0.25) is 0 Å². The highest BCUT2D eigenvalue weighted by Crippen LogP contribution is 2.40. The van der Waals surface area contributed by atoms with Crippen molar-refractivity contribution in [3.05, 3.63) is 46.0 Å². The first kappa shape index (κ1) is 23.7. The third-order valence-electron chi connectivity index (χ3n) is 7.45. The number of carbonyl (C=O) groups excluding carboxylic acids is 1. The first-order valence-electron chi connectivity index (χ1n) is 12.1. The molecule has 0 saturated carbocycles. The topological polar surface area (TPSA) is 121 Å². The Hall–Kier alpha value is -3.67. The molecule has 9 nitrogen and oxygen atoms in total. The van der Waals surface area contributed by atoms with Crippen LogP contribution in [0.2, 0.25) is 0 Å². The van der Waals surface area contributed by atoms with Gasteiger partial charge >= 0.3 is 6.09 Å². The minimum Gasteiger partial charge on any atom is -0.488 e. The van der Waals surface area contributed by atoms with E-state index in [0.29, 0.717) is 46.7 Å². The highest BCUT2D eigenvalue weighted by Gasteiger charge is 2.44. The number of piperazine rings is 1. The zero-order valence-corrected chi connectivity index (χ0v) is 20.8. The molecule has 2 unspecified atom stereocenters. The zero-order valence-electron chi connectivity index (χ0n) is 20.0. The molecular formula is C25H25F2N5O4S. The van der Waals surface area contributed by atoms with Gasteiger partial charge in [0.05, 0.1) is 29.5 Å². The van der Waals surface area contributed by atoms with Gasteiger partial charge in [-0.15, -0.1) is 11.3 Å². The molecular weight excluding hydrogens is 504 g/mol. The summed E-state index contributed by atoms with van der Waals surface area (Å²) in [6.07, 6.45) is 0.467. The number of anilines is 2. The Morgan fingerprint density at radius 1 is 1.24 bits per heavy atom. The number of nitrogens with two attached hydrogens (primary N) is 1. The monoisotopic (exact) mass is 529 g/mol. The lowest BCUT2D eigenvalue weighted by Gasteiger charge is -2.41. The lowest BCUT2D eigenvalue weighted by atomic mass is 10.00. The van der Waals surface area contributed by atoms with Crippen LogP contribution in [0.25, 0.3) is 10.2 Å². The predicted molar refractivity (Wildman–Crippen MR) is 134 cm³/mol.